The number of amidine groups is 1. The number of aryl methyl sites for hydroxylation is 1. The summed E-state index contributed by atoms with van der Waals surface area (Å²) in [6, 6.07) is 16.1. The van der Waals surface area contributed by atoms with Gasteiger partial charge >= 0.3 is 0 Å². The summed E-state index contributed by atoms with van der Waals surface area (Å²) >= 11 is 0. The summed E-state index contributed by atoms with van der Waals surface area (Å²) < 4.78 is 0. The monoisotopic (exact) mass is 486 g/mol. The number of carbonyl (C=O) groups excluding carboxylic acids is 2. The number of amides is 2. The minimum Gasteiger partial charge on any atom is -0.387 e. The van der Waals surface area contributed by atoms with Crippen molar-refractivity contribution in [3.8, 4) is 0 Å². The Morgan fingerprint density at radius 3 is 2.56 bits per heavy atom. The van der Waals surface area contributed by atoms with Crippen molar-refractivity contribution in [3.05, 3.63) is 70.8 Å². The second-order valence-corrected chi connectivity index (χ2v) is 9.95. The molecule has 0 bridgehead atoms. The predicted octanol–water partition coefficient (Wildman–Crippen LogP) is 5.21. The first-order chi connectivity index (χ1) is 17.5. The van der Waals surface area contributed by atoms with Crippen molar-refractivity contribution < 1.29 is 9.59 Å². The van der Waals surface area contributed by atoms with Crippen LogP contribution < -0.4 is 5.73 Å². The molecule has 2 N–H and O–H groups in total. The number of hydrogen-bond acceptors (Lipinski definition) is 4. The van der Waals surface area contributed by atoms with Gasteiger partial charge in [0.2, 0.25) is 5.91 Å². The van der Waals surface area contributed by atoms with Crippen LogP contribution in [0, 0.1) is 5.92 Å². The SMILES string of the molecule is CCCN(CCC)C(=O)C1=Cc2ccc(C(=O)N3CCC(CCc4ccccc4)C3)cc2N=C(N)C1. The van der Waals surface area contributed by atoms with Gasteiger partial charge < -0.3 is 15.5 Å². The van der Waals surface area contributed by atoms with Gasteiger partial charge in [0, 0.05) is 49.3 Å². The van der Waals surface area contributed by atoms with Crippen molar-refractivity contribution in [2.75, 3.05) is 26.2 Å². The van der Waals surface area contributed by atoms with E-state index in [0.29, 0.717) is 35.0 Å². The fourth-order valence-electron chi connectivity index (χ4n) is 5.17. The molecule has 1 fully saturated rings. The minimum absolute atomic E-state index is 0.0171. The zero-order valence-electron chi connectivity index (χ0n) is 21.6. The summed E-state index contributed by atoms with van der Waals surface area (Å²) in [5, 5.41) is 0. The fraction of sp³-hybridized carbons (Fsp3) is 0.433. The molecule has 2 heterocycles. The van der Waals surface area contributed by atoms with Crippen LogP contribution in [0.2, 0.25) is 0 Å². The first-order valence-corrected chi connectivity index (χ1v) is 13.3. The first kappa shape index (κ1) is 25.7. The molecule has 1 atom stereocenters. The van der Waals surface area contributed by atoms with Crippen LogP contribution in [0.15, 0.2) is 59.1 Å². The summed E-state index contributed by atoms with van der Waals surface area (Å²) in [5.74, 6) is 0.973. The molecule has 0 aliphatic carbocycles. The van der Waals surface area contributed by atoms with Gasteiger partial charge in [-0.3, -0.25) is 9.59 Å². The van der Waals surface area contributed by atoms with Crippen LogP contribution in [0.5, 0.6) is 0 Å². The third-order valence-electron chi connectivity index (χ3n) is 7.05. The summed E-state index contributed by atoms with van der Waals surface area (Å²) in [4.78, 5) is 34.9. The highest BCUT2D eigenvalue weighted by Gasteiger charge is 2.27. The van der Waals surface area contributed by atoms with E-state index in [-0.39, 0.29) is 11.8 Å². The Kier molecular flexibility index (Phi) is 8.57. The van der Waals surface area contributed by atoms with Gasteiger partial charge in [-0.05, 0) is 61.8 Å². The first-order valence-electron chi connectivity index (χ1n) is 13.3. The normalized spacial score (nSPS) is 17.2. The molecule has 6 nitrogen and oxygen atoms in total. The van der Waals surface area contributed by atoms with E-state index in [1.54, 1.807) is 0 Å². The largest absolute Gasteiger partial charge is 0.387 e. The van der Waals surface area contributed by atoms with Crippen molar-refractivity contribution in [3.63, 3.8) is 0 Å². The van der Waals surface area contributed by atoms with Gasteiger partial charge in [-0.2, -0.15) is 0 Å². The maximum absolute atomic E-state index is 13.3. The topological polar surface area (TPSA) is 79.0 Å². The van der Waals surface area contributed by atoms with E-state index >= 15 is 0 Å². The molecule has 2 aliphatic rings. The Morgan fingerprint density at radius 1 is 1.08 bits per heavy atom. The molecule has 2 aromatic carbocycles. The maximum atomic E-state index is 13.3. The summed E-state index contributed by atoms with van der Waals surface area (Å²) in [5.41, 5.74) is 10.3. The van der Waals surface area contributed by atoms with Gasteiger partial charge in [0.05, 0.1) is 5.69 Å². The zero-order valence-corrected chi connectivity index (χ0v) is 21.6. The molecule has 2 aromatic rings. The van der Waals surface area contributed by atoms with Crippen LogP contribution in [0.1, 0.15) is 67.4 Å². The Labute approximate surface area is 214 Å². The van der Waals surface area contributed by atoms with Gasteiger partial charge in [-0.15, -0.1) is 0 Å². The lowest BCUT2D eigenvalue weighted by Crippen LogP contribution is -2.34. The molecule has 0 saturated carbocycles. The lowest BCUT2D eigenvalue weighted by atomic mass is 9.99. The van der Waals surface area contributed by atoms with Crippen LogP contribution in [0.4, 0.5) is 5.69 Å². The third-order valence-corrected chi connectivity index (χ3v) is 7.05. The van der Waals surface area contributed by atoms with E-state index < -0.39 is 0 Å². The van der Waals surface area contributed by atoms with Crippen LogP contribution >= 0.6 is 0 Å². The molecule has 36 heavy (non-hydrogen) atoms. The van der Waals surface area contributed by atoms with Gasteiger partial charge in [-0.25, -0.2) is 4.99 Å². The average Bonchev–Trinajstić information content (AvgIpc) is 3.29. The molecule has 4 rings (SSSR count). The molecule has 2 amide bonds. The molecule has 190 valence electrons. The predicted molar refractivity (Wildman–Crippen MR) is 146 cm³/mol. The molecule has 0 radical (unpaired) electrons. The number of rotatable bonds is 9. The highest BCUT2D eigenvalue weighted by Crippen LogP contribution is 2.30. The van der Waals surface area contributed by atoms with Crippen LogP contribution in [0.3, 0.4) is 0 Å². The Bertz CT molecular complexity index is 1130. The molecule has 1 saturated heterocycles. The van der Waals surface area contributed by atoms with Gasteiger partial charge in [0.25, 0.3) is 5.91 Å². The van der Waals surface area contributed by atoms with Crippen molar-refractivity contribution >= 4 is 29.4 Å². The Hall–Kier alpha value is -3.41. The number of nitrogens with two attached hydrogens (primary N) is 1. The molecule has 0 aromatic heterocycles. The Morgan fingerprint density at radius 2 is 1.83 bits per heavy atom. The van der Waals surface area contributed by atoms with E-state index in [2.05, 4.69) is 43.1 Å². The number of aliphatic imine (C=N–C) groups is 1. The fourth-order valence-corrected chi connectivity index (χ4v) is 5.17. The number of benzene rings is 2. The second kappa shape index (κ2) is 12.0. The number of fused-ring (bicyclic) bond motifs is 1. The van der Waals surface area contributed by atoms with E-state index in [9.17, 15) is 9.59 Å². The highest BCUT2D eigenvalue weighted by atomic mass is 16.2. The molecule has 1 unspecified atom stereocenters. The quantitative estimate of drug-likeness (QED) is 0.529. The maximum Gasteiger partial charge on any atom is 0.253 e. The van der Waals surface area contributed by atoms with Crippen molar-refractivity contribution in [2.45, 2.75) is 52.4 Å². The van der Waals surface area contributed by atoms with Crippen molar-refractivity contribution in [1.29, 1.82) is 0 Å². The highest BCUT2D eigenvalue weighted by molar-refractivity contribution is 6.06. The number of carbonyl (C=O) groups is 2. The smallest absolute Gasteiger partial charge is 0.253 e. The van der Waals surface area contributed by atoms with E-state index in [1.807, 2.05) is 40.1 Å². The standard InChI is InChI=1S/C30H38N4O2/c1-3-15-33(16-4-2)30(36)26-18-24-12-13-25(19-27(24)32-28(31)20-26)29(35)34-17-14-23(21-34)11-10-22-8-6-5-7-9-22/h5-9,12-13,18-19,23H,3-4,10-11,14-17,20-21H2,1-2H3,(H2,31,32). The summed E-state index contributed by atoms with van der Waals surface area (Å²) in [7, 11) is 0. The number of hydrogen-bond donors (Lipinski definition) is 1. The number of nitrogens with zero attached hydrogens (tertiary/aromatic N) is 3. The molecule has 2 aliphatic heterocycles. The van der Waals surface area contributed by atoms with E-state index in [1.165, 1.54) is 5.56 Å². The van der Waals surface area contributed by atoms with E-state index in [4.69, 9.17) is 5.73 Å². The van der Waals surface area contributed by atoms with Crippen LogP contribution in [-0.2, 0) is 11.2 Å². The van der Waals surface area contributed by atoms with E-state index in [0.717, 1.165) is 63.8 Å². The van der Waals surface area contributed by atoms with Crippen molar-refractivity contribution in [1.82, 2.24) is 9.80 Å². The van der Waals surface area contributed by atoms with Gasteiger partial charge in [0.15, 0.2) is 0 Å². The van der Waals surface area contributed by atoms with Gasteiger partial charge in [0.1, 0.15) is 5.84 Å². The third kappa shape index (κ3) is 6.23. The summed E-state index contributed by atoms with van der Waals surface area (Å²) in [6.45, 7) is 7.17. The summed E-state index contributed by atoms with van der Waals surface area (Å²) in [6.07, 6.45) is 7.20. The second-order valence-electron chi connectivity index (χ2n) is 9.95. The lowest BCUT2D eigenvalue weighted by molar-refractivity contribution is -0.127. The minimum atomic E-state index is 0.0171. The number of likely N-dealkylation sites (tertiary alicyclic amines) is 1. The molecule has 0 spiro atoms. The van der Waals surface area contributed by atoms with Gasteiger partial charge in [-0.1, -0.05) is 50.2 Å². The lowest BCUT2D eigenvalue weighted by Gasteiger charge is -2.22. The average molecular weight is 487 g/mol. The Balaban J connectivity index is 1.45. The molecule has 6 heteroatoms. The van der Waals surface area contributed by atoms with Crippen LogP contribution in [0.25, 0.3) is 6.08 Å². The zero-order chi connectivity index (χ0) is 25.5. The molecular weight excluding hydrogens is 448 g/mol. The molecular formula is C30H38N4O2. The van der Waals surface area contributed by atoms with Crippen molar-refractivity contribution in [2.24, 2.45) is 16.6 Å². The van der Waals surface area contributed by atoms with Crippen LogP contribution in [-0.4, -0.2) is 53.6 Å².